The van der Waals surface area contributed by atoms with Crippen LogP contribution < -0.4 is 11.1 Å². The minimum absolute atomic E-state index is 0.216. The standard InChI is InChI=1S/C8H15N5O2/c1-15-4-6(9)8(14)10-3-2-7-11-5-12-13-7/h5-6H,2-4,9H2,1H3,(H,10,14)(H,11,12,13). The van der Waals surface area contributed by atoms with Crippen LogP contribution in [-0.2, 0) is 16.0 Å². The highest BCUT2D eigenvalue weighted by Crippen LogP contribution is 1.86. The molecule has 7 nitrogen and oxygen atoms in total. The number of ether oxygens (including phenoxy) is 1. The molecule has 84 valence electrons. The molecule has 4 N–H and O–H groups in total. The van der Waals surface area contributed by atoms with E-state index in [2.05, 4.69) is 20.5 Å². The first kappa shape index (κ1) is 11.6. The molecule has 0 radical (unpaired) electrons. The number of aromatic amines is 1. The van der Waals surface area contributed by atoms with Crippen molar-refractivity contribution in [2.24, 2.45) is 5.73 Å². The van der Waals surface area contributed by atoms with Gasteiger partial charge in [-0.1, -0.05) is 0 Å². The average Bonchev–Trinajstić information content (AvgIpc) is 2.71. The number of hydrogen-bond acceptors (Lipinski definition) is 5. The maximum atomic E-state index is 11.3. The van der Waals surface area contributed by atoms with Gasteiger partial charge in [0.15, 0.2) is 0 Å². The van der Waals surface area contributed by atoms with E-state index >= 15 is 0 Å². The van der Waals surface area contributed by atoms with Crippen LogP contribution in [0, 0.1) is 0 Å². The quantitative estimate of drug-likeness (QED) is 0.529. The Labute approximate surface area is 87.4 Å². The zero-order valence-electron chi connectivity index (χ0n) is 8.56. The van der Waals surface area contributed by atoms with Gasteiger partial charge in [-0.25, -0.2) is 4.98 Å². The molecule has 1 rings (SSSR count). The van der Waals surface area contributed by atoms with E-state index in [0.29, 0.717) is 13.0 Å². The van der Waals surface area contributed by atoms with Gasteiger partial charge in [-0.05, 0) is 0 Å². The monoisotopic (exact) mass is 213 g/mol. The SMILES string of the molecule is COCC(N)C(=O)NCCc1ncn[nH]1. The van der Waals surface area contributed by atoms with E-state index < -0.39 is 6.04 Å². The summed E-state index contributed by atoms with van der Waals surface area (Å²) in [6, 6.07) is -0.621. The molecule has 0 spiro atoms. The third kappa shape index (κ3) is 4.05. The van der Waals surface area contributed by atoms with Crippen molar-refractivity contribution in [3.05, 3.63) is 12.2 Å². The van der Waals surface area contributed by atoms with Crippen LogP contribution in [0.3, 0.4) is 0 Å². The molecular weight excluding hydrogens is 198 g/mol. The molecule has 1 aromatic rings. The van der Waals surface area contributed by atoms with Crippen LogP contribution in [0.15, 0.2) is 6.33 Å². The molecular formula is C8H15N5O2. The van der Waals surface area contributed by atoms with Crippen molar-refractivity contribution in [1.82, 2.24) is 20.5 Å². The molecule has 0 aromatic carbocycles. The molecule has 0 aliphatic carbocycles. The Bertz CT molecular complexity index is 287. The van der Waals surface area contributed by atoms with E-state index in [-0.39, 0.29) is 12.5 Å². The van der Waals surface area contributed by atoms with Gasteiger partial charge in [0.2, 0.25) is 5.91 Å². The number of H-pyrrole nitrogens is 1. The Balaban J connectivity index is 2.17. The molecule has 1 unspecified atom stereocenters. The number of nitrogens with zero attached hydrogens (tertiary/aromatic N) is 2. The highest BCUT2D eigenvalue weighted by molar-refractivity contribution is 5.81. The molecule has 0 aliphatic rings. The number of amides is 1. The maximum Gasteiger partial charge on any atom is 0.239 e. The molecule has 0 saturated heterocycles. The summed E-state index contributed by atoms with van der Waals surface area (Å²) in [7, 11) is 1.50. The number of methoxy groups -OCH3 is 1. The van der Waals surface area contributed by atoms with Gasteiger partial charge >= 0.3 is 0 Å². The summed E-state index contributed by atoms with van der Waals surface area (Å²) in [5, 5.41) is 9.06. The minimum Gasteiger partial charge on any atom is -0.383 e. The molecule has 1 heterocycles. The van der Waals surface area contributed by atoms with E-state index in [9.17, 15) is 4.79 Å². The lowest BCUT2D eigenvalue weighted by atomic mass is 10.3. The van der Waals surface area contributed by atoms with Crippen LogP contribution in [0.5, 0.6) is 0 Å². The van der Waals surface area contributed by atoms with E-state index in [1.807, 2.05) is 0 Å². The first-order valence-electron chi connectivity index (χ1n) is 4.60. The fraction of sp³-hybridized carbons (Fsp3) is 0.625. The van der Waals surface area contributed by atoms with Crippen LogP contribution in [0.25, 0.3) is 0 Å². The lowest BCUT2D eigenvalue weighted by molar-refractivity contribution is -0.123. The Morgan fingerprint density at radius 1 is 1.80 bits per heavy atom. The summed E-state index contributed by atoms with van der Waals surface area (Å²) in [5.74, 6) is 0.506. The number of rotatable bonds is 6. The summed E-state index contributed by atoms with van der Waals surface area (Å²) in [5.41, 5.74) is 5.51. The van der Waals surface area contributed by atoms with Crippen molar-refractivity contribution in [2.45, 2.75) is 12.5 Å². The van der Waals surface area contributed by atoms with E-state index in [4.69, 9.17) is 10.5 Å². The van der Waals surface area contributed by atoms with Gasteiger partial charge < -0.3 is 15.8 Å². The predicted molar refractivity (Wildman–Crippen MR) is 52.9 cm³/mol. The van der Waals surface area contributed by atoms with Crippen molar-refractivity contribution in [3.63, 3.8) is 0 Å². The third-order valence-corrected chi connectivity index (χ3v) is 1.81. The zero-order chi connectivity index (χ0) is 11.1. The molecule has 15 heavy (non-hydrogen) atoms. The highest BCUT2D eigenvalue weighted by Gasteiger charge is 2.11. The van der Waals surface area contributed by atoms with Crippen LogP contribution in [0.2, 0.25) is 0 Å². The highest BCUT2D eigenvalue weighted by atomic mass is 16.5. The maximum absolute atomic E-state index is 11.3. The summed E-state index contributed by atoms with van der Waals surface area (Å²) < 4.78 is 4.76. The van der Waals surface area contributed by atoms with Crippen LogP contribution >= 0.6 is 0 Å². The van der Waals surface area contributed by atoms with E-state index in [1.165, 1.54) is 13.4 Å². The van der Waals surface area contributed by atoms with Gasteiger partial charge in [0, 0.05) is 20.1 Å². The summed E-state index contributed by atoms with van der Waals surface area (Å²) in [6.45, 7) is 0.694. The Morgan fingerprint density at radius 2 is 2.60 bits per heavy atom. The van der Waals surface area contributed by atoms with Gasteiger partial charge in [0.05, 0.1) is 6.61 Å². The number of aromatic nitrogens is 3. The van der Waals surface area contributed by atoms with Gasteiger partial charge in [-0.3, -0.25) is 9.89 Å². The normalized spacial score (nSPS) is 12.4. The molecule has 1 atom stereocenters. The molecule has 0 bridgehead atoms. The second-order valence-electron chi connectivity index (χ2n) is 3.04. The number of hydrogen-bond donors (Lipinski definition) is 3. The number of carbonyl (C=O) groups is 1. The molecule has 1 amide bonds. The van der Waals surface area contributed by atoms with Crippen molar-refractivity contribution in [1.29, 1.82) is 0 Å². The minimum atomic E-state index is -0.621. The first-order valence-corrected chi connectivity index (χ1v) is 4.60. The molecule has 0 aliphatic heterocycles. The fourth-order valence-electron chi connectivity index (χ4n) is 1.04. The van der Waals surface area contributed by atoms with Gasteiger partial charge in [0.1, 0.15) is 18.2 Å². The van der Waals surface area contributed by atoms with Gasteiger partial charge in [-0.2, -0.15) is 5.10 Å². The molecule has 0 saturated carbocycles. The number of nitrogens with one attached hydrogen (secondary N) is 2. The predicted octanol–water partition coefficient (Wildman–Crippen LogP) is -1.56. The van der Waals surface area contributed by atoms with Crippen LogP contribution in [0.4, 0.5) is 0 Å². The summed E-state index contributed by atoms with van der Waals surface area (Å²) >= 11 is 0. The molecule has 1 aromatic heterocycles. The van der Waals surface area contributed by atoms with Crippen molar-refractivity contribution in [2.75, 3.05) is 20.3 Å². The Kier molecular flexibility index (Phi) is 4.72. The average molecular weight is 213 g/mol. The van der Waals surface area contributed by atoms with Crippen molar-refractivity contribution in [3.8, 4) is 0 Å². The van der Waals surface area contributed by atoms with E-state index in [1.54, 1.807) is 0 Å². The van der Waals surface area contributed by atoms with Crippen molar-refractivity contribution < 1.29 is 9.53 Å². The third-order valence-electron chi connectivity index (χ3n) is 1.81. The zero-order valence-corrected chi connectivity index (χ0v) is 8.56. The Morgan fingerprint density at radius 3 is 3.20 bits per heavy atom. The second kappa shape index (κ2) is 6.10. The largest absolute Gasteiger partial charge is 0.383 e. The smallest absolute Gasteiger partial charge is 0.239 e. The fourth-order valence-corrected chi connectivity index (χ4v) is 1.04. The second-order valence-corrected chi connectivity index (χ2v) is 3.04. The molecule has 7 heteroatoms. The van der Waals surface area contributed by atoms with Crippen LogP contribution in [-0.4, -0.2) is 47.4 Å². The first-order chi connectivity index (χ1) is 7.24. The lowest BCUT2D eigenvalue weighted by Crippen LogP contribution is -2.44. The van der Waals surface area contributed by atoms with Gasteiger partial charge in [0.25, 0.3) is 0 Å². The van der Waals surface area contributed by atoms with Crippen LogP contribution in [0.1, 0.15) is 5.82 Å². The molecule has 0 fully saturated rings. The van der Waals surface area contributed by atoms with Gasteiger partial charge in [-0.15, -0.1) is 0 Å². The number of nitrogens with two attached hydrogens (primary N) is 1. The van der Waals surface area contributed by atoms with E-state index in [0.717, 1.165) is 5.82 Å². The number of carbonyl (C=O) groups excluding carboxylic acids is 1. The Hall–Kier alpha value is -1.47. The lowest BCUT2D eigenvalue weighted by Gasteiger charge is -2.10. The topological polar surface area (TPSA) is 106 Å². The summed E-state index contributed by atoms with van der Waals surface area (Å²) in [6.07, 6.45) is 2.03. The summed E-state index contributed by atoms with van der Waals surface area (Å²) in [4.78, 5) is 15.2. The van der Waals surface area contributed by atoms with Crippen molar-refractivity contribution >= 4 is 5.91 Å².